The van der Waals surface area contributed by atoms with Crippen LogP contribution < -0.4 is 10.6 Å². The molecular weight excluding hydrogens is 407 g/mol. The zero-order valence-corrected chi connectivity index (χ0v) is 21.0. The molecule has 0 atom stereocenters. The predicted molar refractivity (Wildman–Crippen MR) is 130 cm³/mol. The molecule has 0 aliphatic rings. The van der Waals surface area contributed by atoms with Crippen LogP contribution in [-0.4, -0.2) is 36.5 Å². The fraction of sp³-hybridized carbons (Fsp3) is 0.696. The summed E-state index contributed by atoms with van der Waals surface area (Å²) in [6.45, 7) is 15.4. The zero-order valence-electron chi connectivity index (χ0n) is 19.5. The van der Waals surface area contributed by atoms with Crippen molar-refractivity contribution in [1.29, 1.82) is 0 Å². The van der Waals surface area contributed by atoms with Gasteiger partial charge in [-0.25, -0.2) is 4.79 Å². The molecule has 170 valence electrons. The van der Waals surface area contributed by atoms with Crippen LogP contribution in [-0.2, 0) is 11.2 Å². The number of hydrogen-bond acceptors (Lipinski definition) is 3. The lowest BCUT2D eigenvalue weighted by molar-refractivity contribution is 0.0600. The number of hydrogen-bond donors (Lipinski definition) is 1. The third-order valence-electron chi connectivity index (χ3n) is 3.86. The summed E-state index contributed by atoms with van der Waals surface area (Å²) in [7, 11) is 0. The van der Waals surface area contributed by atoms with Gasteiger partial charge in [-0.2, -0.15) is 0 Å². The molecule has 4 nitrogen and oxygen atoms in total. The van der Waals surface area contributed by atoms with Gasteiger partial charge in [0, 0.05) is 30.5 Å². The van der Waals surface area contributed by atoms with Crippen molar-refractivity contribution in [2.75, 3.05) is 29.7 Å². The largest absolute Gasteiger partial charge is 0.444 e. The molecule has 0 spiro atoms. The lowest BCUT2D eigenvalue weighted by Crippen LogP contribution is -2.27. The second-order valence-electron chi connectivity index (χ2n) is 7.47. The first-order valence-corrected chi connectivity index (χ1v) is 11.7. The molecule has 0 aromatic heterocycles. The molecule has 0 unspecified atom stereocenters. The van der Waals surface area contributed by atoms with Crippen LogP contribution in [0.2, 0.25) is 0 Å². The van der Waals surface area contributed by atoms with Crippen LogP contribution >= 0.6 is 23.2 Å². The molecule has 1 rings (SSSR count). The van der Waals surface area contributed by atoms with Crippen molar-refractivity contribution in [3.63, 3.8) is 0 Å². The second kappa shape index (κ2) is 17.7. The zero-order chi connectivity index (χ0) is 22.9. The van der Waals surface area contributed by atoms with Crippen LogP contribution in [0.5, 0.6) is 0 Å². The highest BCUT2D eigenvalue weighted by molar-refractivity contribution is 6.18. The van der Waals surface area contributed by atoms with E-state index in [9.17, 15) is 4.79 Å². The molecule has 2 N–H and O–H groups in total. The maximum atomic E-state index is 10.0. The van der Waals surface area contributed by atoms with Gasteiger partial charge in [0.2, 0.25) is 0 Å². The van der Waals surface area contributed by atoms with Crippen molar-refractivity contribution in [2.45, 2.75) is 79.8 Å². The van der Waals surface area contributed by atoms with Crippen molar-refractivity contribution in [3.8, 4) is 0 Å². The number of anilines is 1. The van der Waals surface area contributed by atoms with Gasteiger partial charge in [0.15, 0.2) is 0 Å². The van der Waals surface area contributed by atoms with Gasteiger partial charge < -0.3 is 15.4 Å². The van der Waals surface area contributed by atoms with Crippen molar-refractivity contribution < 1.29 is 9.53 Å². The number of unbranched alkanes of at least 4 members (excludes halogenated alkanes) is 2. The van der Waals surface area contributed by atoms with Crippen LogP contribution in [0.3, 0.4) is 0 Å². The molecular formula is C23H42Cl2N2O2. The monoisotopic (exact) mass is 448 g/mol. The summed E-state index contributed by atoms with van der Waals surface area (Å²) in [5.74, 6) is 1.27. The molecule has 1 aromatic carbocycles. The van der Waals surface area contributed by atoms with E-state index in [-0.39, 0.29) is 0 Å². The first kappa shape index (κ1) is 30.1. The molecule has 1 aromatic rings. The number of primary amides is 1. The average Bonchev–Trinajstić information content (AvgIpc) is 2.63. The van der Waals surface area contributed by atoms with Crippen LogP contribution in [0.1, 0.15) is 71.9 Å². The van der Waals surface area contributed by atoms with E-state index in [1.807, 2.05) is 13.8 Å². The summed E-state index contributed by atoms with van der Waals surface area (Å²) in [6, 6.07) is 6.70. The lowest BCUT2D eigenvalue weighted by Gasteiger charge is -2.24. The highest BCUT2D eigenvalue weighted by Crippen LogP contribution is 2.21. The van der Waals surface area contributed by atoms with E-state index in [1.165, 1.54) is 42.5 Å². The minimum atomic E-state index is -0.725. The molecule has 0 bridgehead atoms. The van der Waals surface area contributed by atoms with Gasteiger partial charge in [-0.3, -0.25) is 0 Å². The van der Waals surface area contributed by atoms with Gasteiger partial charge in [-0.15, -0.1) is 23.2 Å². The number of aryl methyl sites for hydroxylation is 2. The molecule has 29 heavy (non-hydrogen) atoms. The van der Waals surface area contributed by atoms with Gasteiger partial charge in [-0.05, 0) is 63.8 Å². The number of halogens is 2. The number of amides is 1. The van der Waals surface area contributed by atoms with Crippen molar-refractivity contribution in [1.82, 2.24) is 0 Å². The minimum absolute atomic E-state index is 0.453. The van der Waals surface area contributed by atoms with Crippen LogP contribution in [0.4, 0.5) is 10.5 Å². The van der Waals surface area contributed by atoms with E-state index < -0.39 is 11.7 Å². The second-order valence-corrected chi connectivity index (χ2v) is 8.22. The molecule has 0 aliphatic heterocycles. The fourth-order valence-electron chi connectivity index (χ4n) is 2.57. The first-order valence-electron chi connectivity index (χ1n) is 10.6. The Bertz CT molecular complexity index is 540. The third-order valence-corrected chi connectivity index (χ3v) is 4.20. The van der Waals surface area contributed by atoms with E-state index >= 15 is 0 Å². The molecule has 6 heteroatoms. The van der Waals surface area contributed by atoms with E-state index in [0.717, 1.165) is 13.1 Å². The molecule has 1 amide bonds. The van der Waals surface area contributed by atoms with Crippen LogP contribution in [0.25, 0.3) is 0 Å². The summed E-state index contributed by atoms with van der Waals surface area (Å²) in [5.41, 5.74) is 8.36. The minimum Gasteiger partial charge on any atom is -0.444 e. The number of carbonyl (C=O) groups is 1. The Labute approximate surface area is 189 Å². The number of nitrogens with zero attached hydrogens (tertiary/aromatic N) is 1. The van der Waals surface area contributed by atoms with E-state index in [2.05, 4.69) is 41.7 Å². The summed E-state index contributed by atoms with van der Waals surface area (Å²) < 4.78 is 4.58. The molecule has 0 fully saturated rings. The van der Waals surface area contributed by atoms with Crippen molar-refractivity contribution in [2.24, 2.45) is 5.73 Å². The molecule has 0 saturated heterocycles. The van der Waals surface area contributed by atoms with Crippen molar-refractivity contribution in [3.05, 3.63) is 29.3 Å². The third kappa shape index (κ3) is 16.4. The maximum absolute atomic E-state index is 10.0. The van der Waals surface area contributed by atoms with E-state index in [1.54, 1.807) is 20.8 Å². The number of ether oxygens (including phenoxy) is 1. The summed E-state index contributed by atoms with van der Waals surface area (Å²) >= 11 is 11.7. The summed E-state index contributed by atoms with van der Waals surface area (Å²) in [6.07, 6.45) is 4.28. The Morgan fingerprint density at radius 2 is 1.66 bits per heavy atom. The molecule has 0 aliphatic carbocycles. The normalized spacial score (nSPS) is 10.2. The lowest BCUT2D eigenvalue weighted by atomic mass is 10.0. The maximum Gasteiger partial charge on any atom is 0.405 e. The molecule has 0 heterocycles. The highest BCUT2D eigenvalue weighted by Gasteiger charge is 2.12. The number of benzene rings is 1. The first-order chi connectivity index (χ1) is 13.6. The van der Waals surface area contributed by atoms with Crippen LogP contribution in [0.15, 0.2) is 18.2 Å². The van der Waals surface area contributed by atoms with E-state index in [4.69, 9.17) is 28.9 Å². The Morgan fingerprint density at radius 3 is 2.03 bits per heavy atom. The summed E-state index contributed by atoms with van der Waals surface area (Å²) in [5, 5.41) is 0. The molecule has 0 saturated carbocycles. The van der Waals surface area contributed by atoms with Crippen LogP contribution in [0, 0.1) is 6.92 Å². The highest BCUT2D eigenvalue weighted by atomic mass is 35.5. The Kier molecular flexibility index (Phi) is 18.4. The van der Waals surface area contributed by atoms with Gasteiger partial charge >= 0.3 is 6.09 Å². The quantitative estimate of drug-likeness (QED) is 0.329. The SMILES string of the molecule is CC.CC(C)(C)OC(N)=O.CCCCCc1cc(N(CCCl)CCCl)ccc1C. The predicted octanol–water partition coefficient (Wildman–Crippen LogP) is 6.92. The smallest absolute Gasteiger partial charge is 0.405 e. The Balaban J connectivity index is 0. The number of rotatable bonds is 9. The van der Waals surface area contributed by atoms with Gasteiger partial charge in [-0.1, -0.05) is 39.7 Å². The number of nitrogens with two attached hydrogens (primary N) is 1. The average molecular weight is 450 g/mol. The summed E-state index contributed by atoms with van der Waals surface area (Å²) in [4.78, 5) is 12.3. The number of alkyl halides is 2. The Morgan fingerprint density at radius 1 is 1.10 bits per heavy atom. The van der Waals surface area contributed by atoms with Gasteiger partial charge in [0.25, 0.3) is 0 Å². The van der Waals surface area contributed by atoms with Gasteiger partial charge in [0.05, 0.1) is 0 Å². The topological polar surface area (TPSA) is 55.6 Å². The van der Waals surface area contributed by atoms with Crippen molar-refractivity contribution >= 4 is 35.0 Å². The Hall–Kier alpha value is -1.13. The fourth-order valence-corrected chi connectivity index (χ4v) is 2.97. The van der Waals surface area contributed by atoms with Gasteiger partial charge in [0.1, 0.15) is 5.60 Å². The molecule has 0 radical (unpaired) electrons. The van der Waals surface area contributed by atoms with E-state index in [0.29, 0.717) is 11.8 Å². The standard InChI is InChI=1S/C16H25Cl2N.C5H11NO2.C2H6/c1-3-4-5-6-15-13-16(8-7-14(15)2)19(11-9-17)12-10-18;1-5(2,3)8-4(6)7;1-2/h7-8,13H,3-6,9-12H2,1-2H3;1-3H3,(H2,6,7);1-2H3. The number of carbonyl (C=O) groups excluding carboxylic acids is 1.